The van der Waals surface area contributed by atoms with Crippen LogP contribution in [0.5, 0.6) is 17.2 Å². The van der Waals surface area contributed by atoms with E-state index < -0.39 is 0 Å². The van der Waals surface area contributed by atoms with Crippen molar-refractivity contribution in [2.45, 2.75) is 20.4 Å². The van der Waals surface area contributed by atoms with Crippen LogP contribution in [0.4, 0.5) is 0 Å². The smallest absolute Gasteiger partial charge is 0.174 e. The summed E-state index contributed by atoms with van der Waals surface area (Å²) in [5.41, 5.74) is 5.05. The van der Waals surface area contributed by atoms with Crippen LogP contribution in [0.3, 0.4) is 0 Å². The Kier molecular flexibility index (Phi) is 7.84. The van der Waals surface area contributed by atoms with Crippen LogP contribution in [0, 0.1) is 3.57 Å². The normalized spacial score (nSPS) is 10.7. The second-order valence-corrected chi connectivity index (χ2v) is 6.26. The zero-order chi connectivity index (χ0) is 18.1. The molecule has 2 rings (SSSR count). The van der Waals surface area contributed by atoms with Gasteiger partial charge in [0.15, 0.2) is 11.5 Å². The molecule has 2 aromatic carbocycles. The van der Waals surface area contributed by atoms with E-state index in [0.29, 0.717) is 19.8 Å². The van der Waals surface area contributed by atoms with E-state index in [2.05, 4.69) is 33.1 Å². The maximum absolute atomic E-state index is 5.69. The van der Waals surface area contributed by atoms with Gasteiger partial charge in [0.25, 0.3) is 0 Å². The molecule has 0 atom stereocenters. The quantitative estimate of drug-likeness (QED) is 0.350. The standard InChI is InChI=1S/C19H23IN2O3/c1-4-24-18-11-14(10-16(20)19(18)25-5-2)12-21-22-13-15-8-6-7-9-17(15)23-3/h6-12,22H,4-5,13H2,1-3H3/b21-12-. The number of rotatable bonds is 9. The molecule has 0 radical (unpaired) electrons. The fourth-order valence-electron chi connectivity index (χ4n) is 2.31. The van der Waals surface area contributed by atoms with Crippen molar-refractivity contribution in [1.82, 2.24) is 5.43 Å². The first-order valence-electron chi connectivity index (χ1n) is 8.16. The molecule has 6 heteroatoms. The number of nitrogens with zero attached hydrogens (tertiary/aromatic N) is 1. The van der Waals surface area contributed by atoms with E-state index in [4.69, 9.17) is 14.2 Å². The van der Waals surface area contributed by atoms with Gasteiger partial charge >= 0.3 is 0 Å². The van der Waals surface area contributed by atoms with Crippen LogP contribution in [0.1, 0.15) is 25.0 Å². The Hall–Kier alpha value is -1.96. The Balaban J connectivity index is 2.07. The Morgan fingerprint density at radius 2 is 1.84 bits per heavy atom. The minimum absolute atomic E-state index is 0.586. The average molecular weight is 454 g/mol. The van der Waals surface area contributed by atoms with Crippen molar-refractivity contribution in [3.8, 4) is 17.2 Å². The Morgan fingerprint density at radius 3 is 2.56 bits per heavy atom. The summed E-state index contributed by atoms with van der Waals surface area (Å²) in [6.07, 6.45) is 1.77. The van der Waals surface area contributed by atoms with Gasteiger partial charge in [0.05, 0.1) is 36.7 Å². The number of hydrogen-bond donors (Lipinski definition) is 1. The summed E-state index contributed by atoms with van der Waals surface area (Å²) < 4.78 is 17.7. The number of ether oxygens (including phenoxy) is 3. The molecule has 0 amide bonds. The third-order valence-corrected chi connectivity index (χ3v) is 4.19. The summed E-state index contributed by atoms with van der Waals surface area (Å²) in [4.78, 5) is 0. The monoisotopic (exact) mass is 454 g/mol. The summed E-state index contributed by atoms with van der Waals surface area (Å²) in [6.45, 7) is 5.70. The Labute approximate surface area is 162 Å². The van der Waals surface area contributed by atoms with Crippen molar-refractivity contribution in [2.75, 3.05) is 20.3 Å². The third-order valence-electron chi connectivity index (χ3n) is 3.39. The summed E-state index contributed by atoms with van der Waals surface area (Å²) in [7, 11) is 1.67. The van der Waals surface area contributed by atoms with Crippen LogP contribution in [-0.4, -0.2) is 26.5 Å². The first kappa shape index (κ1) is 19.4. The number of hydrogen-bond acceptors (Lipinski definition) is 5. The van der Waals surface area contributed by atoms with Crippen LogP contribution in [0.2, 0.25) is 0 Å². The van der Waals surface area contributed by atoms with Gasteiger partial charge in [-0.2, -0.15) is 5.10 Å². The highest BCUT2D eigenvalue weighted by atomic mass is 127. The molecule has 0 saturated heterocycles. The second-order valence-electron chi connectivity index (χ2n) is 5.10. The summed E-state index contributed by atoms with van der Waals surface area (Å²) >= 11 is 2.25. The van der Waals surface area contributed by atoms with E-state index in [0.717, 1.165) is 31.9 Å². The number of para-hydroxylation sites is 1. The lowest BCUT2D eigenvalue weighted by molar-refractivity contribution is 0.286. The van der Waals surface area contributed by atoms with Crippen LogP contribution in [-0.2, 0) is 6.54 Å². The molecule has 0 aliphatic carbocycles. The number of benzene rings is 2. The topological polar surface area (TPSA) is 52.1 Å². The lowest BCUT2D eigenvalue weighted by Crippen LogP contribution is -2.07. The number of halogens is 1. The minimum atomic E-state index is 0.586. The van der Waals surface area contributed by atoms with Gasteiger partial charge in [0, 0.05) is 5.56 Å². The fourth-order valence-corrected chi connectivity index (χ4v) is 3.09. The van der Waals surface area contributed by atoms with Crippen molar-refractivity contribution in [2.24, 2.45) is 5.10 Å². The molecule has 0 spiro atoms. The van der Waals surface area contributed by atoms with Crippen LogP contribution in [0.15, 0.2) is 41.5 Å². The maximum Gasteiger partial charge on any atom is 0.174 e. The molecule has 0 aliphatic rings. The van der Waals surface area contributed by atoms with E-state index in [1.165, 1.54) is 0 Å². The lowest BCUT2D eigenvalue weighted by atomic mass is 10.2. The van der Waals surface area contributed by atoms with E-state index >= 15 is 0 Å². The Bertz CT molecular complexity index is 720. The molecule has 0 bridgehead atoms. The summed E-state index contributed by atoms with van der Waals surface area (Å²) in [6, 6.07) is 11.8. The fraction of sp³-hybridized carbons (Fsp3) is 0.316. The van der Waals surface area contributed by atoms with E-state index in [1.54, 1.807) is 13.3 Å². The molecule has 134 valence electrons. The predicted molar refractivity (Wildman–Crippen MR) is 109 cm³/mol. The average Bonchev–Trinajstić information content (AvgIpc) is 2.62. The maximum atomic E-state index is 5.69. The molecule has 0 aliphatic heterocycles. The van der Waals surface area contributed by atoms with Crippen LogP contribution < -0.4 is 19.6 Å². The molecule has 1 N–H and O–H groups in total. The van der Waals surface area contributed by atoms with Gasteiger partial charge in [-0.25, -0.2) is 0 Å². The molecule has 5 nitrogen and oxygen atoms in total. The first-order valence-corrected chi connectivity index (χ1v) is 9.24. The molecule has 0 saturated carbocycles. The van der Waals surface area contributed by atoms with E-state index in [1.807, 2.05) is 50.2 Å². The summed E-state index contributed by atoms with van der Waals surface area (Å²) in [5.74, 6) is 2.37. The van der Waals surface area contributed by atoms with Gasteiger partial charge in [0.2, 0.25) is 0 Å². The molecule has 25 heavy (non-hydrogen) atoms. The molecular weight excluding hydrogens is 431 g/mol. The van der Waals surface area contributed by atoms with Gasteiger partial charge in [0.1, 0.15) is 5.75 Å². The summed E-state index contributed by atoms with van der Waals surface area (Å²) in [5, 5.41) is 4.30. The van der Waals surface area contributed by atoms with Gasteiger partial charge in [-0.3, -0.25) is 0 Å². The van der Waals surface area contributed by atoms with Crippen molar-refractivity contribution in [1.29, 1.82) is 0 Å². The molecule has 0 aromatic heterocycles. The third kappa shape index (κ3) is 5.52. The molecule has 0 fully saturated rings. The SMILES string of the molecule is CCOc1cc(/C=N\NCc2ccccc2OC)cc(I)c1OCC. The van der Waals surface area contributed by atoms with Gasteiger partial charge in [-0.15, -0.1) is 0 Å². The van der Waals surface area contributed by atoms with Crippen molar-refractivity contribution in [3.63, 3.8) is 0 Å². The number of hydrazone groups is 1. The molecule has 2 aromatic rings. The predicted octanol–water partition coefficient (Wildman–Crippen LogP) is 4.22. The highest BCUT2D eigenvalue weighted by Gasteiger charge is 2.11. The largest absolute Gasteiger partial charge is 0.496 e. The van der Waals surface area contributed by atoms with Crippen molar-refractivity contribution in [3.05, 3.63) is 51.1 Å². The Morgan fingerprint density at radius 1 is 1.08 bits per heavy atom. The highest BCUT2D eigenvalue weighted by molar-refractivity contribution is 14.1. The van der Waals surface area contributed by atoms with Crippen molar-refractivity contribution >= 4 is 28.8 Å². The zero-order valence-electron chi connectivity index (χ0n) is 14.7. The molecule has 0 unspecified atom stereocenters. The van der Waals surface area contributed by atoms with Crippen LogP contribution >= 0.6 is 22.6 Å². The lowest BCUT2D eigenvalue weighted by Gasteiger charge is -2.13. The van der Waals surface area contributed by atoms with Crippen molar-refractivity contribution < 1.29 is 14.2 Å². The van der Waals surface area contributed by atoms with E-state index in [9.17, 15) is 0 Å². The van der Waals surface area contributed by atoms with Gasteiger partial charge < -0.3 is 19.6 Å². The van der Waals surface area contributed by atoms with Gasteiger partial charge in [-0.05, 0) is 60.2 Å². The highest BCUT2D eigenvalue weighted by Crippen LogP contribution is 2.33. The number of nitrogens with one attached hydrogen (secondary N) is 1. The number of methoxy groups -OCH3 is 1. The minimum Gasteiger partial charge on any atom is -0.496 e. The molecular formula is C19H23IN2O3. The zero-order valence-corrected chi connectivity index (χ0v) is 16.9. The first-order chi connectivity index (χ1) is 12.2. The molecule has 0 heterocycles. The second kappa shape index (κ2) is 10.1. The van der Waals surface area contributed by atoms with Gasteiger partial charge in [-0.1, -0.05) is 18.2 Å². The van der Waals surface area contributed by atoms with E-state index in [-0.39, 0.29) is 0 Å². The van der Waals surface area contributed by atoms with Crippen LogP contribution in [0.25, 0.3) is 0 Å².